The average Bonchev–Trinajstić information content (AvgIpc) is 2.53. The molecule has 69 valence electrons. The van der Waals surface area contributed by atoms with Crippen molar-refractivity contribution >= 4 is 0 Å². The van der Waals surface area contributed by atoms with Gasteiger partial charge < -0.3 is 4.74 Å². The van der Waals surface area contributed by atoms with E-state index in [9.17, 15) is 0 Å². The second kappa shape index (κ2) is 3.79. The zero-order chi connectivity index (χ0) is 9.10. The van der Waals surface area contributed by atoms with E-state index in [1.807, 2.05) is 35.2 Å². The van der Waals surface area contributed by atoms with Crippen LogP contribution in [0.3, 0.4) is 0 Å². The highest BCUT2D eigenvalue weighted by atomic mass is 16.5. The summed E-state index contributed by atoms with van der Waals surface area (Å²) in [6, 6.07) is 9.96. The van der Waals surface area contributed by atoms with Gasteiger partial charge in [0.05, 0.1) is 0 Å². The minimum Gasteiger partial charge on any atom is -0.489 e. The molecule has 0 aliphatic carbocycles. The van der Waals surface area contributed by atoms with Crippen LogP contribution >= 0.6 is 0 Å². The number of hydrogen-bond donors (Lipinski definition) is 0. The fraction of sp³-hybridized carbons (Fsp3) is 0.364. The molecule has 2 heteroatoms. The zero-order valence-electron chi connectivity index (χ0n) is 7.65. The molecule has 1 radical (unpaired) electrons. The van der Waals surface area contributed by atoms with Gasteiger partial charge in [0, 0.05) is 20.1 Å². The van der Waals surface area contributed by atoms with Gasteiger partial charge in [-0.1, -0.05) is 18.2 Å². The van der Waals surface area contributed by atoms with Crippen molar-refractivity contribution in [3.8, 4) is 5.75 Å². The van der Waals surface area contributed by atoms with E-state index < -0.39 is 0 Å². The molecule has 0 bridgehead atoms. The molecule has 1 fully saturated rings. The Balaban J connectivity index is 1.92. The summed E-state index contributed by atoms with van der Waals surface area (Å²) < 4.78 is 5.76. The predicted octanol–water partition coefficient (Wildman–Crippen LogP) is 1.93. The summed E-state index contributed by atoms with van der Waals surface area (Å²) in [5.74, 6) is 0.961. The summed E-state index contributed by atoms with van der Waals surface area (Å²) in [5, 5.41) is 0. The van der Waals surface area contributed by atoms with Crippen LogP contribution in [0.1, 0.15) is 6.42 Å². The molecule has 0 N–H and O–H groups in total. The van der Waals surface area contributed by atoms with Crippen LogP contribution in [0.25, 0.3) is 0 Å². The molecule has 1 heterocycles. The molecule has 1 atom stereocenters. The lowest BCUT2D eigenvalue weighted by Crippen LogP contribution is -2.20. The fourth-order valence-electron chi connectivity index (χ4n) is 1.58. The number of para-hydroxylation sites is 1. The Morgan fingerprint density at radius 2 is 2.08 bits per heavy atom. The first kappa shape index (κ1) is 8.57. The SMILES string of the molecule is [CH2]N1CCC(Oc2ccccc2)C1. The zero-order valence-corrected chi connectivity index (χ0v) is 7.65. The van der Waals surface area contributed by atoms with Crippen LogP contribution in [0.2, 0.25) is 0 Å². The highest BCUT2D eigenvalue weighted by molar-refractivity contribution is 5.21. The van der Waals surface area contributed by atoms with E-state index in [1.165, 1.54) is 0 Å². The van der Waals surface area contributed by atoms with E-state index in [2.05, 4.69) is 7.05 Å². The van der Waals surface area contributed by atoms with Crippen molar-refractivity contribution < 1.29 is 4.74 Å². The maximum absolute atomic E-state index is 5.76. The van der Waals surface area contributed by atoms with Crippen molar-refractivity contribution in [3.63, 3.8) is 0 Å². The van der Waals surface area contributed by atoms with Crippen molar-refractivity contribution in [1.29, 1.82) is 0 Å². The Hall–Kier alpha value is -1.02. The first-order valence-corrected chi connectivity index (χ1v) is 4.62. The van der Waals surface area contributed by atoms with Gasteiger partial charge in [0.15, 0.2) is 0 Å². The topological polar surface area (TPSA) is 12.5 Å². The van der Waals surface area contributed by atoms with Crippen LogP contribution < -0.4 is 4.74 Å². The molecule has 0 saturated carbocycles. The molecule has 1 aliphatic heterocycles. The van der Waals surface area contributed by atoms with Gasteiger partial charge in [0.1, 0.15) is 11.9 Å². The minimum absolute atomic E-state index is 0.319. The summed E-state index contributed by atoms with van der Waals surface area (Å²) in [6.45, 7) is 1.98. The Kier molecular flexibility index (Phi) is 2.50. The molecule has 2 rings (SSSR count). The summed E-state index contributed by atoms with van der Waals surface area (Å²) in [6.07, 6.45) is 1.40. The lowest BCUT2D eigenvalue weighted by molar-refractivity contribution is 0.211. The van der Waals surface area contributed by atoms with Crippen molar-refractivity contribution in [2.45, 2.75) is 12.5 Å². The molecule has 0 spiro atoms. The third-order valence-corrected chi connectivity index (χ3v) is 2.28. The van der Waals surface area contributed by atoms with Crippen LogP contribution in [0.15, 0.2) is 30.3 Å². The maximum atomic E-state index is 5.76. The van der Waals surface area contributed by atoms with Crippen LogP contribution in [0, 0.1) is 7.05 Å². The number of benzene rings is 1. The van der Waals surface area contributed by atoms with Crippen LogP contribution in [0.5, 0.6) is 5.75 Å². The average molecular weight is 176 g/mol. The predicted molar refractivity (Wildman–Crippen MR) is 52.4 cm³/mol. The molecular formula is C11H14NO. The normalized spacial score (nSPS) is 23.3. The molecule has 0 amide bonds. The molecule has 1 aromatic rings. The van der Waals surface area contributed by atoms with E-state index in [0.717, 1.165) is 25.3 Å². The number of likely N-dealkylation sites (tertiary alicyclic amines) is 1. The maximum Gasteiger partial charge on any atom is 0.119 e. The van der Waals surface area contributed by atoms with Crippen LogP contribution in [0.4, 0.5) is 0 Å². The van der Waals surface area contributed by atoms with Crippen molar-refractivity contribution in [1.82, 2.24) is 4.90 Å². The smallest absolute Gasteiger partial charge is 0.119 e. The van der Waals surface area contributed by atoms with E-state index >= 15 is 0 Å². The first-order valence-electron chi connectivity index (χ1n) is 4.62. The van der Waals surface area contributed by atoms with Gasteiger partial charge in [-0.25, -0.2) is 0 Å². The standard InChI is InChI=1S/C11H14NO/c1-12-8-7-11(9-12)13-10-5-3-2-4-6-10/h2-6,11H,1,7-9H2. The molecule has 1 aliphatic rings. The second-order valence-corrected chi connectivity index (χ2v) is 3.42. The van der Waals surface area contributed by atoms with E-state index in [4.69, 9.17) is 4.74 Å². The van der Waals surface area contributed by atoms with E-state index in [1.54, 1.807) is 0 Å². The van der Waals surface area contributed by atoms with Gasteiger partial charge in [-0.05, 0) is 18.6 Å². The van der Waals surface area contributed by atoms with E-state index in [-0.39, 0.29) is 0 Å². The lowest BCUT2D eigenvalue weighted by atomic mass is 10.3. The molecule has 1 aromatic carbocycles. The van der Waals surface area contributed by atoms with Gasteiger partial charge in [-0.3, -0.25) is 4.90 Å². The third-order valence-electron chi connectivity index (χ3n) is 2.28. The van der Waals surface area contributed by atoms with Gasteiger partial charge in [-0.15, -0.1) is 0 Å². The van der Waals surface area contributed by atoms with E-state index in [0.29, 0.717) is 6.10 Å². The third kappa shape index (κ3) is 2.22. The molecule has 1 unspecified atom stereocenters. The monoisotopic (exact) mass is 176 g/mol. The largest absolute Gasteiger partial charge is 0.489 e. The van der Waals surface area contributed by atoms with Gasteiger partial charge in [0.25, 0.3) is 0 Å². The number of hydrogen-bond acceptors (Lipinski definition) is 2. The first-order chi connectivity index (χ1) is 6.34. The molecule has 1 saturated heterocycles. The number of rotatable bonds is 2. The highest BCUT2D eigenvalue weighted by Crippen LogP contribution is 2.16. The Bertz CT molecular complexity index is 260. The molecule has 13 heavy (non-hydrogen) atoms. The summed E-state index contributed by atoms with van der Waals surface area (Å²) >= 11 is 0. The summed E-state index contributed by atoms with van der Waals surface area (Å²) in [7, 11) is 3.88. The van der Waals surface area contributed by atoms with Crippen LogP contribution in [-0.2, 0) is 0 Å². The second-order valence-electron chi connectivity index (χ2n) is 3.42. The van der Waals surface area contributed by atoms with Crippen molar-refractivity contribution in [3.05, 3.63) is 37.4 Å². The molecule has 2 nitrogen and oxygen atoms in total. The lowest BCUT2D eigenvalue weighted by Gasteiger charge is -2.13. The fourth-order valence-corrected chi connectivity index (χ4v) is 1.58. The van der Waals surface area contributed by atoms with Crippen molar-refractivity contribution in [2.24, 2.45) is 0 Å². The highest BCUT2D eigenvalue weighted by Gasteiger charge is 2.20. The number of ether oxygens (including phenoxy) is 1. The summed E-state index contributed by atoms with van der Waals surface area (Å²) in [5.41, 5.74) is 0. The van der Waals surface area contributed by atoms with Crippen molar-refractivity contribution in [2.75, 3.05) is 13.1 Å². The van der Waals surface area contributed by atoms with Gasteiger partial charge in [-0.2, -0.15) is 0 Å². The van der Waals surface area contributed by atoms with Crippen LogP contribution in [-0.4, -0.2) is 24.1 Å². The Labute approximate surface area is 79.1 Å². The van der Waals surface area contributed by atoms with Gasteiger partial charge >= 0.3 is 0 Å². The number of nitrogens with zero attached hydrogens (tertiary/aromatic N) is 1. The summed E-state index contributed by atoms with van der Waals surface area (Å²) in [4.78, 5) is 2.05. The van der Waals surface area contributed by atoms with Gasteiger partial charge in [0.2, 0.25) is 0 Å². The Morgan fingerprint density at radius 1 is 1.31 bits per heavy atom. The molecular weight excluding hydrogens is 162 g/mol. The molecule has 0 aromatic heterocycles. The Morgan fingerprint density at radius 3 is 2.69 bits per heavy atom. The minimum atomic E-state index is 0.319. The quantitative estimate of drug-likeness (QED) is 0.682.